The van der Waals surface area contributed by atoms with Crippen LogP contribution in [0.4, 0.5) is 0 Å². The Morgan fingerprint density at radius 3 is 2.57 bits per heavy atom. The van der Waals surface area contributed by atoms with E-state index in [0.29, 0.717) is 22.4 Å². The maximum atomic E-state index is 5.83. The molecule has 1 saturated carbocycles. The highest BCUT2D eigenvalue weighted by atomic mass is 32.2. The number of thioether (sulfide) groups is 1. The molecule has 0 saturated heterocycles. The van der Waals surface area contributed by atoms with Crippen LogP contribution in [0, 0.1) is 6.92 Å². The second-order valence-electron chi connectivity index (χ2n) is 3.74. The highest BCUT2D eigenvalue weighted by molar-refractivity contribution is 7.99. The molecule has 0 radical (unpaired) electrons. The van der Waals surface area contributed by atoms with E-state index in [-0.39, 0.29) is 0 Å². The van der Waals surface area contributed by atoms with E-state index in [1.54, 1.807) is 11.8 Å². The van der Waals surface area contributed by atoms with E-state index in [1.807, 2.05) is 6.92 Å². The minimum atomic E-state index is 0.399. The Balaban J connectivity index is 1.86. The van der Waals surface area contributed by atoms with E-state index in [9.17, 15) is 0 Å². The lowest BCUT2D eigenvalue weighted by Gasteiger charge is -2.24. The largest absolute Gasteiger partial charge is 0.416 e. The SMILES string of the molecule is Cc1nnc(SC2CCC(N)CC2)o1. The molecule has 1 fully saturated rings. The Bertz CT molecular complexity index is 294. The molecule has 0 amide bonds. The van der Waals surface area contributed by atoms with E-state index in [1.165, 1.54) is 0 Å². The van der Waals surface area contributed by atoms with Gasteiger partial charge in [0, 0.05) is 18.2 Å². The summed E-state index contributed by atoms with van der Waals surface area (Å²) in [5, 5.41) is 9.08. The van der Waals surface area contributed by atoms with Gasteiger partial charge in [-0.25, -0.2) is 0 Å². The summed E-state index contributed by atoms with van der Waals surface area (Å²) in [5.41, 5.74) is 5.83. The zero-order chi connectivity index (χ0) is 9.97. The van der Waals surface area contributed by atoms with Gasteiger partial charge < -0.3 is 10.2 Å². The van der Waals surface area contributed by atoms with Crippen molar-refractivity contribution in [3.8, 4) is 0 Å². The molecule has 0 aromatic carbocycles. The van der Waals surface area contributed by atoms with Gasteiger partial charge in [0.2, 0.25) is 5.89 Å². The van der Waals surface area contributed by atoms with Crippen molar-refractivity contribution < 1.29 is 4.42 Å². The molecule has 5 heteroatoms. The first-order valence-electron chi connectivity index (χ1n) is 4.96. The number of hydrogen-bond donors (Lipinski definition) is 1. The predicted molar refractivity (Wildman–Crippen MR) is 55.1 cm³/mol. The average molecular weight is 213 g/mol. The van der Waals surface area contributed by atoms with Crippen LogP contribution in [-0.2, 0) is 0 Å². The fourth-order valence-corrected chi connectivity index (χ4v) is 2.72. The maximum Gasteiger partial charge on any atom is 0.276 e. The van der Waals surface area contributed by atoms with Gasteiger partial charge in [-0.05, 0) is 25.7 Å². The lowest BCUT2D eigenvalue weighted by molar-refractivity contribution is 0.419. The Kier molecular flexibility index (Phi) is 3.08. The summed E-state index contributed by atoms with van der Waals surface area (Å²) in [7, 11) is 0. The van der Waals surface area contributed by atoms with Gasteiger partial charge in [0.05, 0.1) is 0 Å². The van der Waals surface area contributed by atoms with Crippen molar-refractivity contribution in [3.05, 3.63) is 5.89 Å². The molecule has 1 aromatic heterocycles. The Morgan fingerprint density at radius 1 is 1.29 bits per heavy atom. The first kappa shape index (κ1) is 9.98. The van der Waals surface area contributed by atoms with Gasteiger partial charge >= 0.3 is 0 Å². The zero-order valence-electron chi connectivity index (χ0n) is 8.27. The second-order valence-corrected chi connectivity index (χ2v) is 4.99. The molecule has 0 aliphatic heterocycles. The fraction of sp³-hybridized carbons (Fsp3) is 0.778. The summed E-state index contributed by atoms with van der Waals surface area (Å²) in [4.78, 5) is 0. The van der Waals surface area contributed by atoms with Crippen molar-refractivity contribution in [2.24, 2.45) is 5.73 Å². The normalized spacial score (nSPS) is 27.9. The first-order chi connectivity index (χ1) is 6.74. The van der Waals surface area contributed by atoms with E-state index in [0.717, 1.165) is 25.7 Å². The predicted octanol–water partition coefficient (Wildman–Crippen LogP) is 1.74. The smallest absolute Gasteiger partial charge is 0.276 e. The standard InChI is InChI=1S/C9H15N3OS/c1-6-11-12-9(13-6)14-8-4-2-7(10)3-5-8/h7-8H,2-5,10H2,1H3. The van der Waals surface area contributed by atoms with Gasteiger partial charge in [-0.15, -0.1) is 10.2 Å². The van der Waals surface area contributed by atoms with Gasteiger partial charge in [0.15, 0.2) is 0 Å². The van der Waals surface area contributed by atoms with Gasteiger partial charge in [0.1, 0.15) is 0 Å². The van der Waals surface area contributed by atoms with Crippen molar-refractivity contribution in [1.82, 2.24) is 10.2 Å². The van der Waals surface area contributed by atoms with E-state index in [2.05, 4.69) is 10.2 Å². The second kappa shape index (κ2) is 4.31. The zero-order valence-corrected chi connectivity index (χ0v) is 9.09. The third-order valence-corrected chi connectivity index (χ3v) is 3.67. The number of hydrogen-bond acceptors (Lipinski definition) is 5. The van der Waals surface area contributed by atoms with E-state index < -0.39 is 0 Å². The average Bonchev–Trinajstić information content (AvgIpc) is 2.56. The Hall–Kier alpha value is -0.550. The molecule has 1 aliphatic carbocycles. The molecule has 2 rings (SSSR count). The number of nitrogens with two attached hydrogens (primary N) is 1. The molecule has 1 aliphatic rings. The Morgan fingerprint density at radius 2 is 2.00 bits per heavy atom. The van der Waals surface area contributed by atoms with Crippen molar-refractivity contribution in [1.29, 1.82) is 0 Å². The van der Waals surface area contributed by atoms with Crippen LogP contribution in [0.2, 0.25) is 0 Å². The van der Waals surface area contributed by atoms with E-state index >= 15 is 0 Å². The summed E-state index contributed by atoms with van der Waals surface area (Å²) >= 11 is 1.69. The highest BCUT2D eigenvalue weighted by Crippen LogP contribution is 2.32. The minimum Gasteiger partial charge on any atom is -0.416 e. The topological polar surface area (TPSA) is 64.9 Å². The third-order valence-electron chi connectivity index (χ3n) is 2.49. The number of nitrogens with zero attached hydrogens (tertiary/aromatic N) is 2. The van der Waals surface area contributed by atoms with E-state index in [4.69, 9.17) is 10.2 Å². The number of aromatic nitrogens is 2. The fourth-order valence-electron chi connectivity index (χ4n) is 1.68. The lowest BCUT2D eigenvalue weighted by atomic mass is 9.96. The molecular weight excluding hydrogens is 198 g/mol. The molecular formula is C9H15N3OS. The molecule has 1 aromatic rings. The molecule has 0 atom stereocenters. The van der Waals surface area contributed by atoms with Crippen molar-refractivity contribution in [3.63, 3.8) is 0 Å². The van der Waals surface area contributed by atoms with Crippen LogP contribution in [0.15, 0.2) is 9.64 Å². The van der Waals surface area contributed by atoms with Crippen LogP contribution in [-0.4, -0.2) is 21.5 Å². The van der Waals surface area contributed by atoms with Crippen molar-refractivity contribution in [2.75, 3.05) is 0 Å². The van der Waals surface area contributed by atoms with Crippen LogP contribution in [0.3, 0.4) is 0 Å². The number of aryl methyl sites for hydroxylation is 1. The third kappa shape index (κ3) is 2.48. The highest BCUT2D eigenvalue weighted by Gasteiger charge is 2.21. The van der Waals surface area contributed by atoms with Crippen LogP contribution < -0.4 is 5.73 Å². The molecule has 1 heterocycles. The quantitative estimate of drug-likeness (QED) is 0.810. The van der Waals surface area contributed by atoms with Crippen LogP contribution >= 0.6 is 11.8 Å². The summed E-state index contributed by atoms with van der Waals surface area (Å²) in [6, 6.07) is 0.399. The van der Waals surface area contributed by atoms with Gasteiger partial charge in [-0.2, -0.15) is 0 Å². The molecule has 78 valence electrons. The molecule has 14 heavy (non-hydrogen) atoms. The van der Waals surface area contributed by atoms with Crippen LogP contribution in [0.1, 0.15) is 31.6 Å². The first-order valence-corrected chi connectivity index (χ1v) is 5.84. The molecule has 0 spiro atoms. The molecule has 2 N–H and O–H groups in total. The van der Waals surface area contributed by atoms with Gasteiger partial charge in [-0.3, -0.25) is 0 Å². The summed E-state index contributed by atoms with van der Waals surface area (Å²) in [5.74, 6) is 0.639. The van der Waals surface area contributed by atoms with Gasteiger partial charge in [-0.1, -0.05) is 11.8 Å². The Labute approximate surface area is 87.6 Å². The van der Waals surface area contributed by atoms with Crippen LogP contribution in [0.5, 0.6) is 0 Å². The lowest BCUT2D eigenvalue weighted by Crippen LogP contribution is -2.27. The summed E-state index contributed by atoms with van der Waals surface area (Å²) in [6.45, 7) is 1.81. The van der Waals surface area contributed by atoms with Crippen LogP contribution in [0.25, 0.3) is 0 Å². The molecule has 0 bridgehead atoms. The summed E-state index contributed by atoms with van der Waals surface area (Å²) in [6.07, 6.45) is 4.55. The minimum absolute atomic E-state index is 0.399. The van der Waals surface area contributed by atoms with Crippen molar-refractivity contribution >= 4 is 11.8 Å². The molecule has 4 nitrogen and oxygen atoms in total. The number of rotatable bonds is 2. The maximum absolute atomic E-state index is 5.83. The summed E-state index contributed by atoms with van der Waals surface area (Å²) < 4.78 is 5.32. The van der Waals surface area contributed by atoms with Gasteiger partial charge in [0.25, 0.3) is 5.22 Å². The monoisotopic (exact) mass is 213 g/mol. The van der Waals surface area contributed by atoms with Crippen molar-refractivity contribution in [2.45, 2.75) is 49.1 Å². The molecule has 0 unspecified atom stereocenters.